The van der Waals surface area contributed by atoms with Crippen molar-refractivity contribution in [3.8, 4) is 6.07 Å². The summed E-state index contributed by atoms with van der Waals surface area (Å²) in [7, 11) is 3.35. The van der Waals surface area contributed by atoms with Gasteiger partial charge >= 0.3 is 6.03 Å². The summed E-state index contributed by atoms with van der Waals surface area (Å²) < 4.78 is -1.07. The molecule has 8 heteroatoms. The van der Waals surface area contributed by atoms with Crippen LogP contribution in [-0.2, 0) is 0 Å². The van der Waals surface area contributed by atoms with Crippen molar-refractivity contribution in [1.82, 2.24) is 10.2 Å². The second kappa shape index (κ2) is 6.73. The van der Waals surface area contributed by atoms with Gasteiger partial charge in [0.25, 0.3) is 4.45 Å². The van der Waals surface area contributed by atoms with Crippen LogP contribution in [0.5, 0.6) is 0 Å². The maximum absolute atomic E-state index is 11.6. The number of urea groups is 1. The number of carbonyl (C=O) groups excluding carboxylic acids is 1. The van der Waals surface area contributed by atoms with Crippen LogP contribution in [-0.4, -0.2) is 35.7 Å². The highest BCUT2D eigenvalue weighted by Crippen LogP contribution is 2.37. The number of allylic oxidation sites excluding steroid dienone is 1. The van der Waals surface area contributed by atoms with Crippen LogP contribution in [0.4, 0.5) is 10.5 Å². The van der Waals surface area contributed by atoms with Crippen molar-refractivity contribution in [3.05, 3.63) is 36.0 Å². The van der Waals surface area contributed by atoms with Crippen molar-refractivity contribution >= 4 is 41.3 Å². The first-order valence-electron chi connectivity index (χ1n) is 6.31. The molecule has 2 amide bonds. The van der Waals surface area contributed by atoms with E-state index in [9.17, 15) is 4.79 Å². The highest BCUT2D eigenvalue weighted by Gasteiger charge is 2.28. The van der Waals surface area contributed by atoms with Crippen LogP contribution in [0.1, 0.15) is 0 Å². The number of thioether (sulfide) groups is 1. The molecule has 1 atom stereocenters. The number of carbonyl (C=O) groups is 1. The van der Waals surface area contributed by atoms with E-state index in [0.29, 0.717) is 11.3 Å². The van der Waals surface area contributed by atoms with Crippen LogP contribution in [0.3, 0.4) is 0 Å². The van der Waals surface area contributed by atoms with E-state index in [4.69, 9.17) is 16.9 Å². The fourth-order valence-corrected chi connectivity index (χ4v) is 2.69. The number of nitrogens with zero attached hydrogens (tertiary/aromatic N) is 3. The summed E-state index contributed by atoms with van der Waals surface area (Å²) in [5.74, 6) is 0. The van der Waals surface area contributed by atoms with E-state index in [1.165, 1.54) is 29.1 Å². The molecule has 1 aliphatic heterocycles. The zero-order chi connectivity index (χ0) is 16.2. The lowest BCUT2D eigenvalue weighted by Crippen LogP contribution is -2.33. The van der Waals surface area contributed by atoms with Crippen LogP contribution in [0.25, 0.3) is 0 Å². The minimum atomic E-state index is -1.07. The number of hydrogen-bond donors (Lipinski definition) is 2. The first kappa shape index (κ1) is 16.2. The Labute approximate surface area is 137 Å². The lowest BCUT2D eigenvalue weighted by Gasteiger charge is -2.24. The molecule has 6 nitrogen and oxygen atoms in total. The van der Waals surface area contributed by atoms with Crippen LogP contribution in [0.2, 0.25) is 0 Å². The summed E-state index contributed by atoms with van der Waals surface area (Å²) in [4.78, 5) is 18.0. The van der Waals surface area contributed by atoms with Gasteiger partial charge in [0, 0.05) is 37.1 Å². The number of aliphatic imine (C=N–C) groups is 1. The van der Waals surface area contributed by atoms with E-state index < -0.39 is 4.45 Å². The Hall–Kier alpha value is -2.17. The monoisotopic (exact) mass is 335 g/mol. The van der Waals surface area contributed by atoms with Gasteiger partial charge in [-0.3, -0.25) is 0 Å². The van der Waals surface area contributed by atoms with E-state index in [1.54, 1.807) is 26.2 Å². The lowest BCUT2D eigenvalue weighted by atomic mass is 10.3. The van der Waals surface area contributed by atoms with E-state index in [2.05, 4.69) is 15.6 Å². The average molecular weight is 336 g/mol. The normalized spacial score (nSPS) is 19.6. The van der Waals surface area contributed by atoms with Crippen molar-refractivity contribution in [2.45, 2.75) is 9.35 Å². The third-order valence-electron chi connectivity index (χ3n) is 2.67. The van der Waals surface area contributed by atoms with E-state index in [1.807, 2.05) is 18.2 Å². The molecule has 0 radical (unpaired) electrons. The van der Waals surface area contributed by atoms with Crippen LogP contribution in [0, 0.1) is 11.3 Å². The molecule has 0 aromatic heterocycles. The summed E-state index contributed by atoms with van der Waals surface area (Å²) in [5.41, 5.74) is 1.11. The number of benzene rings is 1. The van der Waals surface area contributed by atoms with E-state index >= 15 is 0 Å². The van der Waals surface area contributed by atoms with Gasteiger partial charge < -0.3 is 15.5 Å². The molecular weight excluding hydrogens is 322 g/mol. The van der Waals surface area contributed by atoms with Crippen molar-refractivity contribution in [2.24, 2.45) is 4.99 Å². The number of anilines is 1. The highest BCUT2D eigenvalue weighted by atomic mass is 35.5. The molecule has 0 saturated carbocycles. The topological polar surface area (TPSA) is 80.5 Å². The minimum Gasteiger partial charge on any atom is -0.345 e. The molecule has 0 bridgehead atoms. The molecule has 2 N–H and O–H groups in total. The van der Waals surface area contributed by atoms with E-state index in [-0.39, 0.29) is 6.03 Å². The van der Waals surface area contributed by atoms with Gasteiger partial charge in [-0.15, -0.1) is 0 Å². The van der Waals surface area contributed by atoms with Crippen molar-refractivity contribution in [1.29, 1.82) is 5.26 Å². The van der Waals surface area contributed by atoms with Gasteiger partial charge in [-0.2, -0.15) is 5.26 Å². The molecule has 1 aliphatic rings. The van der Waals surface area contributed by atoms with Gasteiger partial charge in [-0.05, 0) is 24.3 Å². The molecule has 0 fully saturated rings. The Balaban J connectivity index is 2.00. The fraction of sp³-hybridized carbons (Fsp3) is 0.214. The molecule has 22 heavy (non-hydrogen) atoms. The van der Waals surface area contributed by atoms with Crippen molar-refractivity contribution in [3.63, 3.8) is 0 Å². The number of nitrogens with one attached hydrogen (secondary N) is 2. The fourth-order valence-electron chi connectivity index (χ4n) is 1.51. The number of amides is 2. The molecule has 1 aromatic carbocycles. The molecule has 0 aliphatic carbocycles. The van der Waals surface area contributed by atoms with Gasteiger partial charge in [0.2, 0.25) is 0 Å². The van der Waals surface area contributed by atoms with Gasteiger partial charge in [0.15, 0.2) is 0 Å². The first-order chi connectivity index (χ1) is 10.4. The maximum Gasteiger partial charge on any atom is 0.321 e. The zero-order valence-electron chi connectivity index (χ0n) is 12.0. The van der Waals surface area contributed by atoms with Crippen LogP contribution < -0.4 is 10.6 Å². The van der Waals surface area contributed by atoms with Crippen LogP contribution >= 0.6 is 23.4 Å². The average Bonchev–Trinajstić information content (AvgIpc) is 2.50. The van der Waals surface area contributed by atoms with Crippen LogP contribution in [0.15, 0.2) is 45.9 Å². The van der Waals surface area contributed by atoms with Crippen molar-refractivity contribution < 1.29 is 4.79 Å². The van der Waals surface area contributed by atoms with Gasteiger partial charge in [-0.1, -0.05) is 23.4 Å². The molecule has 1 unspecified atom stereocenters. The second-order valence-electron chi connectivity index (χ2n) is 4.63. The third-order valence-corrected chi connectivity index (χ3v) is 4.11. The molecule has 1 aromatic rings. The predicted molar refractivity (Wildman–Crippen MR) is 88.9 cm³/mol. The summed E-state index contributed by atoms with van der Waals surface area (Å²) in [5, 5.41) is 14.4. The standard InChI is InChI=1S/C14H14ClN5OS/c1-20(2)13(21)19-11-3-5-12(6-4-11)22-14(15)17-8-10(7-16)9-18-14/h3-6,8-9,17H,1-2H3,(H,19,21). The minimum absolute atomic E-state index is 0.193. The molecule has 2 rings (SSSR count). The SMILES string of the molecule is CN(C)C(=O)Nc1ccc(SC2(Cl)N=CC(C#N)=CN2)cc1. The number of halogens is 1. The summed E-state index contributed by atoms with van der Waals surface area (Å²) in [6, 6.07) is 9.02. The Morgan fingerprint density at radius 3 is 2.64 bits per heavy atom. The Kier molecular flexibility index (Phi) is 4.96. The largest absolute Gasteiger partial charge is 0.345 e. The summed E-state index contributed by atoms with van der Waals surface area (Å²) >= 11 is 7.61. The lowest BCUT2D eigenvalue weighted by molar-refractivity contribution is 0.230. The highest BCUT2D eigenvalue weighted by molar-refractivity contribution is 8.01. The smallest absolute Gasteiger partial charge is 0.321 e. The third kappa shape index (κ3) is 4.16. The number of nitriles is 1. The molecule has 0 saturated heterocycles. The molecule has 1 heterocycles. The Morgan fingerprint density at radius 2 is 2.14 bits per heavy atom. The number of hydrogen-bond acceptors (Lipinski definition) is 5. The second-order valence-corrected chi connectivity index (χ2v) is 6.66. The summed E-state index contributed by atoms with van der Waals surface area (Å²) in [6.07, 6.45) is 2.96. The van der Waals surface area contributed by atoms with Crippen molar-refractivity contribution in [2.75, 3.05) is 19.4 Å². The van der Waals surface area contributed by atoms with Gasteiger partial charge in [0.05, 0.1) is 5.57 Å². The van der Waals surface area contributed by atoms with Gasteiger partial charge in [0.1, 0.15) is 6.07 Å². The van der Waals surface area contributed by atoms with E-state index in [0.717, 1.165) is 4.90 Å². The number of rotatable bonds is 3. The molecular formula is C14H14ClN5OS. The number of alkyl halides is 1. The Bertz CT molecular complexity index is 665. The molecule has 114 valence electrons. The molecule has 0 spiro atoms. The maximum atomic E-state index is 11.6. The zero-order valence-corrected chi connectivity index (χ0v) is 13.6. The predicted octanol–water partition coefficient (Wildman–Crippen LogP) is 2.80. The quantitative estimate of drug-likeness (QED) is 0.657. The summed E-state index contributed by atoms with van der Waals surface area (Å²) in [6.45, 7) is 0. The first-order valence-corrected chi connectivity index (χ1v) is 7.51. The van der Waals surface area contributed by atoms with Gasteiger partial charge in [-0.25, -0.2) is 9.79 Å². The Morgan fingerprint density at radius 1 is 1.45 bits per heavy atom.